The molecule has 6 nitrogen and oxygen atoms in total. The van der Waals surface area contributed by atoms with E-state index in [1.54, 1.807) is 6.07 Å². The van der Waals surface area contributed by atoms with E-state index < -0.39 is 4.92 Å². The summed E-state index contributed by atoms with van der Waals surface area (Å²) in [6, 6.07) is 2.99. The van der Waals surface area contributed by atoms with Crippen LogP contribution in [0, 0.1) is 22.0 Å². The lowest BCUT2D eigenvalue weighted by Gasteiger charge is -2.17. The zero-order chi connectivity index (χ0) is 13.0. The molecule has 18 heavy (non-hydrogen) atoms. The Bertz CT molecular complexity index is 425. The summed E-state index contributed by atoms with van der Waals surface area (Å²) < 4.78 is 0. The Morgan fingerprint density at radius 3 is 3.00 bits per heavy atom. The molecule has 1 heterocycles. The molecular weight excluding hydrogens is 234 g/mol. The molecule has 2 unspecified atom stereocenters. The van der Waals surface area contributed by atoms with Crippen molar-refractivity contribution >= 4 is 11.5 Å². The molecule has 2 rings (SSSR count). The highest BCUT2D eigenvalue weighted by atomic mass is 16.6. The predicted octanol–water partition coefficient (Wildman–Crippen LogP) is 1.81. The maximum Gasteiger partial charge on any atom is 0.311 e. The number of pyridine rings is 1. The molecule has 0 amide bonds. The Morgan fingerprint density at radius 1 is 1.50 bits per heavy atom. The zero-order valence-electron chi connectivity index (χ0n) is 10.1. The van der Waals surface area contributed by atoms with Gasteiger partial charge in [0, 0.05) is 25.4 Å². The van der Waals surface area contributed by atoms with Crippen LogP contribution in [0.5, 0.6) is 0 Å². The number of rotatable bonds is 5. The number of aromatic nitrogens is 1. The van der Waals surface area contributed by atoms with Gasteiger partial charge in [-0.3, -0.25) is 10.1 Å². The lowest BCUT2D eigenvalue weighted by atomic mass is 9.97. The Kier molecular flexibility index (Phi) is 4.09. The molecule has 0 radical (unpaired) electrons. The van der Waals surface area contributed by atoms with Gasteiger partial charge in [-0.25, -0.2) is 4.98 Å². The maximum atomic E-state index is 10.8. The Morgan fingerprint density at radius 2 is 2.28 bits per heavy atom. The molecule has 98 valence electrons. The number of nitrogens with one attached hydrogen (secondary N) is 1. The Labute approximate surface area is 105 Å². The van der Waals surface area contributed by atoms with Crippen molar-refractivity contribution in [2.45, 2.75) is 19.3 Å². The van der Waals surface area contributed by atoms with Gasteiger partial charge in [0.05, 0.1) is 4.92 Å². The standard InChI is InChI=1S/C12H17N3O3/c16-8-10-4-1-3-9(10)7-14-12-11(15(17)18)5-2-6-13-12/h2,5-6,9-10,16H,1,3-4,7-8H2,(H,13,14). The minimum Gasteiger partial charge on any atom is -0.396 e. The molecule has 2 atom stereocenters. The lowest BCUT2D eigenvalue weighted by Crippen LogP contribution is -2.21. The minimum absolute atomic E-state index is 0.00366. The highest BCUT2D eigenvalue weighted by molar-refractivity contribution is 5.55. The third-order valence-corrected chi connectivity index (χ3v) is 3.57. The quantitative estimate of drug-likeness (QED) is 0.615. The van der Waals surface area contributed by atoms with Crippen molar-refractivity contribution in [2.24, 2.45) is 11.8 Å². The van der Waals surface area contributed by atoms with Gasteiger partial charge in [0.25, 0.3) is 0 Å². The third-order valence-electron chi connectivity index (χ3n) is 3.57. The highest BCUT2D eigenvalue weighted by Gasteiger charge is 2.27. The summed E-state index contributed by atoms with van der Waals surface area (Å²) in [5.41, 5.74) is -0.00366. The average molecular weight is 251 g/mol. The first-order valence-electron chi connectivity index (χ1n) is 6.16. The first kappa shape index (κ1) is 12.8. The summed E-state index contributed by atoms with van der Waals surface area (Å²) in [5, 5.41) is 23.1. The van der Waals surface area contributed by atoms with Crippen LogP contribution in [0.4, 0.5) is 11.5 Å². The second-order valence-corrected chi connectivity index (χ2v) is 4.64. The zero-order valence-corrected chi connectivity index (χ0v) is 10.1. The molecule has 1 saturated carbocycles. The monoisotopic (exact) mass is 251 g/mol. The fourth-order valence-electron chi connectivity index (χ4n) is 2.53. The van der Waals surface area contributed by atoms with Gasteiger partial charge in [0.1, 0.15) is 0 Å². The molecule has 6 heteroatoms. The topological polar surface area (TPSA) is 88.3 Å². The fourth-order valence-corrected chi connectivity index (χ4v) is 2.53. The number of nitro groups is 1. The molecule has 1 fully saturated rings. The SMILES string of the molecule is O=[N+]([O-])c1cccnc1NCC1CCCC1CO. The highest BCUT2D eigenvalue weighted by Crippen LogP contribution is 2.32. The van der Waals surface area contributed by atoms with Gasteiger partial charge >= 0.3 is 5.69 Å². The molecule has 0 bridgehead atoms. The molecular formula is C12H17N3O3. The van der Waals surface area contributed by atoms with Crippen LogP contribution in [0.3, 0.4) is 0 Å². The minimum atomic E-state index is -0.437. The second-order valence-electron chi connectivity index (χ2n) is 4.64. The number of aliphatic hydroxyl groups is 1. The largest absolute Gasteiger partial charge is 0.396 e. The van der Waals surface area contributed by atoms with Crippen molar-refractivity contribution in [3.8, 4) is 0 Å². The van der Waals surface area contributed by atoms with Crippen molar-refractivity contribution in [2.75, 3.05) is 18.5 Å². The van der Waals surface area contributed by atoms with E-state index in [0.717, 1.165) is 19.3 Å². The van der Waals surface area contributed by atoms with E-state index >= 15 is 0 Å². The normalized spacial score (nSPS) is 22.9. The number of anilines is 1. The van der Waals surface area contributed by atoms with Crippen LogP contribution in [0.25, 0.3) is 0 Å². The first-order valence-corrected chi connectivity index (χ1v) is 6.16. The van der Waals surface area contributed by atoms with Crippen LogP contribution in [0.2, 0.25) is 0 Å². The van der Waals surface area contributed by atoms with Crippen LogP contribution in [-0.2, 0) is 0 Å². The third kappa shape index (κ3) is 2.76. The van der Waals surface area contributed by atoms with E-state index in [-0.39, 0.29) is 12.3 Å². The van der Waals surface area contributed by atoms with E-state index in [1.165, 1.54) is 12.3 Å². The Hall–Kier alpha value is -1.69. The predicted molar refractivity (Wildman–Crippen MR) is 67.3 cm³/mol. The maximum absolute atomic E-state index is 10.8. The number of nitrogens with zero attached hydrogens (tertiary/aromatic N) is 2. The number of aliphatic hydroxyl groups excluding tert-OH is 1. The van der Waals surface area contributed by atoms with Gasteiger partial charge in [0.2, 0.25) is 5.82 Å². The van der Waals surface area contributed by atoms with Crippen molar-refractivity contribution in [1.29, 1.82) is 0 Å². The van der Waals surface area contributed by atoms with Crippen molar-refractivity contribution in [1.82, 2.24) is 4.98 Å². The van der Waals surface area contributed by atoms with Gasteiger partial charge in [-0.1, -0.05) is 6.42 Å². The van der Waals surface area contributed by atoms with Gasteiger partial charge in [-0.2, -0.15) is 0 Å². The van der Waals surface area contributed by atoms with Crippen molar-refractivity contribution in [3.63, 3.8) is 0 Å². The molecule has 1 aromatic rings. The van der Waals surface area contributed by atoms with E-state index in [4.69, 9.17) is 0 Å². The number of hydrogen-bond donors (Lipinski definition) is 2. The van der Waals surface area contributed by atoms with Gasteiger partial charge in [-0.15, -0.1) is 0 Å². The number of hydrogen-bond acceptors (Lipinski definition) is 5. The van der Waals surface area contributed by atoms with E-state index in [0.29, 0.717) is 24.2 Å². The van der Waals surface area contributed by atoms with E-state index in [9.17, 15) is 15.2 Å². The molecule has 0 spiro atoms. The lowest BCUT2D eigenvalue weighted by molar-refractivity contribution is -0.384. The first-order chi connectivity index (χ1) is 8.72. The summed E-state index contributed by atoms with van der Waals surface area (Å²) in [4.78, 5) is 14.4. The fraction of sp³-hybridized carbons (Fsp3) is 0.583. The summed E-state index contributed by atoms with van der Waals surface area (Å²) in [7, 11) is 0. The van der Waals surface area contributed by atoms with E-state index in [1.807, 2.05) is 0 Å². The summed E-state index contributed by atoms with van der Waals surface area (Å²) in [5.74, 6) is 0.989. The van der Waals surface area contributed by atoms with Crippen LogP contribution in [-0.4, -0.2) is 28.2 Å². The Balaban J connectivity index is 2.00. The van der Waals surface area contributed by atoms with E-state index in [2.05, 4.69) is 10.3 Å². The van der Waals surface area contributed by atoms with Crippen molar-refractivity contribution < 1.29 is 10.0 Å². The smallest absolute Gasteiger partial charge is 0.311 e. The summed E-state index contributed by atoms with van der Waals surface area (Å²) >= 11 is 0. The molecule has 1 aliphatic carbocycles. The summed E-state index contributed by atoms with van der Waals surface area (Å²) in [6.07, 6.45) is 4.74. The second kappa shape index (κ2) is 5.77. The molecule has 0 aromatic carbocycles. The molecule has 1 aromatic heterocycles. The van der Waals surface area contributed by atoms with Gasteiger partial charge in [-0.05, 0) is 30.7 Å². The molecule has 0 saturated heterocycles. The van der Waals surface area contributed by atoms with Crippen LogP contribution in [0.1, 0.15) is 19.3 Å². The van der Waals surface area contributed by atoms with Gasteiger partial charge in [0.15, 0.2) is 0 Å². The van der Waals surface area contributed by atoms with Crippen LogP contribution < -0.4 is 5.32 Å². The van der Waals surface area contributed by atoms with Crippen molar-refractivity contribution in [3.05, 3.63) is 28.4 Å². The van der Waals surface area contributed by atoms with Crippen LogP contribution >= 0.6 is 0 Å². The van der Waals surface area contributed by atoms with Crippen LogP contribution in [0.15, 0.2) is 18.3 Å². The molecule has 2 N–H and O–H groups in total. The molecule has 0 aliphatic heterocycles. The summed E-state index contributed by atoms with van der Waals surface area (Å²) in [6.45, 7) is 0.819. The average Bonchev–Trinajstić information content (AvgIpc) is 2.84. The molecule has 1 aliphatic rings. The van der Waals surface area contributed by atoms with Gasteiger partial charge < -0.3 is 10.4 Å².